The average Bonchev–Trinajstić information content (AvgIpc) is 2.41. The van der Waals surface area contributed by atoms with Crippen molar-refractivity contribution in [3.8, 4) is 0 Å². The number of nitrogens with two attached hydrogens (primary N) is 1. The van der Waals surface area contributed by atoms with E-state index in [1.807, 2.05) is 19.1 Å². The molecule has 1 aliphatic carbocycles. The van der Waals surface area contributed by atoms with Crippen LogP contribution in [-0.4, -0.2) is 16.6 Å². The summed E-state index contributed by atoms with van der Waals surface area (Å²) < 4.78 is 0. The van der Waals surface area contributed by atoms with Gasteiger partial charge in [0.2, 0.25) is 0 Å². The highest BCUT2D eigenvalue weighted by Crippen LogP contribution is 2.39. The van der Waals surface area contributed by atoms with E-state index in [1.54, 1.807) is 6.20 Å². The molecule has 0 saturated carbocycles. The van der Waals surface area contributed by atoms with Gasteiger partial charge in [-0.25, -0.2) is 0 Å². The molecule has 3 N–H and O–H groups in total. The Kier molecular flexibility index (Phi) is 1.86. The summed E-state index contributed by atoms with van der Waals surface area (Å²) >= 11 is 0. The lowest BCUT2D eigenvalue weighted by atomic mass is 9.89. The van der Waals surface area contributed by atoms with E-state index >= 15 is 0 Å². The predicted molar refractivity (Wildman–Crippen MR) is 50.1 cm³/mol. The SMILES string of the molecule is CC1Cc2ncccc2C1(O)CN. The predicted octanol–water partition coefficient (Wildman–Crippen LogP) is 0.420. The Balaban J connectivity index is 2.52. The molecule has 2 rings (SSSR count). The molecule has 0 aromatic carbocycles. The average molecular weight is 178 g/mol. The quantitative estimate of drug-likeness (QED) is 0.655. The summed E-state index contributed by atoms with van der Waals surface area (Å²) in [6.07, 6.45) is 2.58. The number of pyridine rings is 1. The highest BCUT2D eigenvalue weighted by molar-refractivity contribution is 5.33. The molecule has 2 unspecified atom stereocenters. The molecule has 0 aliphatic heterocycles. The minimum atomic E-state index is -0.858. The highest BCUT2D eigenvalue weighted by Gasteiger charge is 2.42. The number of nitrogens with zero attached hydrogens (tertiary/aromatic N) is 1. The van der Waals surface area contributed by atoms with Crippen molar-refractivity contribution < 1.29 is 5.11 Å². The van der Waals surface area contributed by atoms with E-state index in [0.717, 1.165) is 17.7 Å². The molecule has 0 saturated heterocycles. The summed E-state index contributed by atoms with van der Waals surface area (Å²) in [6, 6.07) is 3.76. The van der Waals surface area contributed by atoms with Crippen LogP contribution in [0.4, 0.5) is 0 Å². The van der Waals surface area contributed by atoms with Crippen LogP contribution in [0.1, 0.15) is 18.2 Å². The van der Waals surface area contributed by atoms with Crippen molar-refractivity contribution in [1.82, 2.24) is 4.98 Å². The summed E-state index contributed by atoms with van der Waals surface area (Å²) in [7, 11) is 0. The maximum atomic E-state index is 10.3. The third-order valence-corrected chi connectivity index (χ3v) is 2.98. The second kappa shape index (κ2) is 2.79. The highest BCUT2D eigenvalue weighted by atomic mass is 16.3. The fourth-order valence-electron chi connectivity index (χ4n) is 2.03. The van der Waals surface area contributed by atoms with Gasteiger partial charge in [-0.1, -0.05) is 13.0 Å². The molecule has 1 aliphatic rings. The van der Waals surface area contributed by atoms with Crippen molar-refractivity contribution in [3.05, 3.63) is 29.6 Å². The van der Waals surface area contributed by atoms with Crippen LogP contribution in [0.5, 0.6) is 0 Å². The van der Waals surface area contributed by atoms with Crippen molar-refractivity contribution in [2.24, 2.45) is 11.7 Å². The first-order valence-electron chi connectivity index (χ1n) is 4.55. The number of hydrogen-bond acceptors (Lipinski definition) is 3. The van der Waals surface area contributed by atoms with E-state index in [2.05, 4.69) is 4.98 Å². The van der Waals surface area contributed by atoms with E-state index in [-0.39, 0.29) is 12.5 Å². The zero-order valence-electron chi connectivity index (χ0n) is 7.70. The largest absolute Gasteiger partial charge is 0.383 e. The van der Waals surface area contributed by atoms with Crippen LogP contribution in [-0.2, 0) is 12.0 Å². The molecule has 0 amide bonds. The van der Waals surface area contributed by atoms with Crippen LogP contribution >= 0.6 is 0 Å². The lowest BCUT2D eigenvalue weighted by Crippen LogP contribution is -2.38. The van der Waals surface area contributed by atoms with Gasteiger partial charge in [0.1, 0.15) is 5.60 Å². The fourth-order valence-corrected chi connectivity index (χ4v) is 2.03. The molecule has 0 spiro atoms. The monoisotopic (exact) mass is 178 g/mol. The normalized spacial score (nSPS) is 31.8. The van der Waals surface area contributed by atoms with Crippen molar-refractivity contribution in [2.45, 2.75) is 18.9 Å². The Morgan fingerprint density at radius 2 is 2.54 bits per heavy atom. The van der Waals surface area contributed by atoms with Gasteiger partial charge in [-0.05, 0) is 18.4 Å². The first-order valence-corrected chi connectivity index (χ1v) is 4.55. The summed E-state index contributed by atoms with van der Waals surface area (Å²) in [5, 5.41) is 10.3. The standard InChI is InChI=1S/C10H14N2O/c1-7-5-9-8(3-2-4-12-9)10(7,13)6-11/h2-4,7,13H,5-6,11H2,1H3. The van der Waals surface area contributed by atoms with Crippen LogP contribution in [0.2, 0.25) is 0 Å². The molecular formula is C10H14N2O. The maximum Gasteiger partial charge on any atom is 0.106 e. The lowest BCUT2D eigenvalue weighted by Gasteiger charge is -2.26. The zero-order chi connectivity index (χ0) is 9.47. The van der Waals surface area contributed by atoms with Gasteiger partial charge >= 0.3 is 0 Å². The minimum Gasteiger partial charge on any atom is -0.383 e. The number of rotatable bonds is 1. The second-order valence-electron chi connectivity index (χ2n) is 3.73. The van der Waals surface area contributed by atoms with Crippen molar-refractivity contribution in [3.63, 3.8) is 0 Å². The van der Waals surface area contributed by atoms with Gasteiger partial charge < -0.3 is 10.8 Å². The summed E-state index contributed by atoms with van der Waals surface area (Å²) in [5.74, 6) is 0.169. The Labute approximate surface area is 77.6 Å². The second-order valence-corrected chi connectivity index (χ2v) is 3.73. The van der Waals surface area contributed by atoms with Crippen molar-refractivity contribution in [1.29, 1.82) is 0 Å². The van der Waals surface area contributed by atoms with Gasteiger partial charge in [0, 0.05) is 24.0 Å². The van der Waals surface area contributed by atoms with Gasteiger partial charge in [0.05, 0.1) is 0 Å². The van der Waals surface area contributed by atoms with Gasteiger partial charge in [0.25, 0.3) is 0 Å². The third-order valence-electron chi connectivity index (χ3n) is 2.98. The molecule has 3 heteroatoms. The number of aromatic nitrogens is 1. The van der Waals surface area contributed by atoms with Gasteiger partial charge in [0.15, 0.2) is 0 Å². The Hall–Kier alpha value is -0.930. The van der Waals surface area contributed by atoms with Crippen molar-refractivity contribution in [2.75, 3.05) is 6.54 Å². The van der Waals surface area contributed by atoms with Crippen LogP contribution in [0.3, 0.4) is 0 Å². The molecule has 1 heterocycles. The van der Waals surface area contributed by atoms with Gasteiger partial charge in [-0.2, -0.15) is 0 Å². The van der Waals surface area contributed by atoms with Crippen LogP contribution in [0.25, 0.3) is 0 Å². The molecular weight excluding hydrogens is 164 g/mol. The number of aliphatic hydroxyl groups is 1. The smallest absolute Gasteiger partial charge is 0.106 e. The number of hydrogen-bond donors (Lipinski definition) is 2. The zero-order valence-corrected chi connectivity index (χ0v) is 7.70. The Bertz CT molecular complexity index is 326. The van der Waals surface area contributed by atoms with E-state index in [0.29, 0.717) is 0 Å². The topological polar surface area (TPSA) is 59.1 Å². The Morgan fingerprint density at radius 1 is 1.77 bits per heavy atom. The number of fused-ring (bicyclic) bond motifs is 1. The van der Waals surface area contributed by atoms with Crippen LogP contribution in [0.15, 0.2) is 18.3 Å². The van der Waals surface area contributed by atoms with Crippen molar-refractivity contribution >= 4 is 0 Å². The van der Waals surface area contributed by atoms with E-state index in [1.165, 1.54) is 0 Å². The lowest BCUT2D eigenvalue weighted by molar-refractivity contribution is 0.00498. The minimum absolute atomic E-state index is 0.169. The van der Waals surface area contributed by atoms with Gasteiger partial charge in [-0.3, -0.25) is 4.98 Å². The molecule has 13 heavy (non-hydrogen) atoms. The summed E-state index contributed by atoms with van der Waals surface area (Å²) in [6.45, 7) is 2.28. The molecule has 0 radical (unpaired) electrons. The molecule has 3 nitrogen and oxygen atoms in total. The molecule has 2 atom stereocenters. The molecule has 0 bridgehead atoms. The maximum absolute atomic E-state index is 10.3. The van der Waals surface area contributed by atoms with E-state index in [4.69, 9.17) is 5.73 Å². The van der Waals surface area contributed by atoms with E-state index in [9.17, 15) is 5.11 Å². The molecule has 1 aromatic rings. The molecule has 1 aromatic heterocycles. The Morgan fingerprint density at radius 3 is 3.23 bits per heavy atom. The van der Waals surface area contributed by atoms with Crippen LogP contribution < -0.4 is 5.73 Å². The molecule has 70 valence electrons. The van der Waals surface area contributed by atoms with E-state index < -0.39 is 5.60 Å². The molecule has 0 fully saturated rings. The third kappa shape index (κ3) is 1.08. The summed E-state index contributed by atoms with van der Waals surface area (Å²) in [4.78, 5) is 4.24. The fraction of sp³-hybridized carbons (Fsp3) is 0.500. The van der Waals surface area contributed by atoms with Crippen LogP contribution in [0, 0.1) is 5.92 Å². The summed E-state index contributed by atoms with van der Waals surface area (Å²) in [5.41, 5.74) is 6.63. The first-order chi connectivity index (χ1) is 6.18. The van der Waals surface area contributed by atoms with Gasteiger partial charge in [-0.15, -0.1) is 0 Å². The first kappa shape index (κ1) is 8.66.